The summed E-state index contributed by atoms with van der Waals surface area (Å²) < 4.78 is 5.90. The van der Waals surface area contributed by atoms with E-state index in [-0.39, 0.29) is 5.54 Å². The van der Waals surface area contributed by atoms with Crippen molar-refractivity contribution in [1.29, 1.82) is 0 Å². The Bertz CT molecular complexity index is 476. The second-order valence-corrected chi connectivity index (χ2v) is 6.39. The topological polar surface area (TPSA) is 24.5 Å². The highest BCUT2D eigenvalue weighted by atomic mass is 16.5. The molecule has 0 amide bonds. The average molecular weight is 274 g/mol. The molecule has 0 aliphatic carbocycles. The van der Waals surface area contributed by atoms with E-state index in [1.807, 2.05) is 0 Å². The highest BCUT2D eigenvalue weighted by Gasteiger charge is 2.40. The lowest BCUT2D eigenvalue weighted by molar-refractivity contribution is 0.0350. The lowest BCUT2D eigenvalue weighted by Gasteiger charge is -2.48. The molecule has 1 N–H and O–H groups in total. The summed E-state index contributed by atoms with van der Waals surface area (Å²) >= 11 is 0. The van der Waals surface area contributed by atoms with Crippen LogP contribution in [0.4, 0.5) is 0 Å². The third kappa shape index (κ3) is 2.33. The number of ether oxygens (including phenoxy) is 1. The average Bonchev–Trinajstić information content (AvgIpc) is 2.91. The van der Waals surface area contributed by atoms with E-state index in [0.717, 1.165) is 31.9 Å². The molecule has 2 aliphatic heterocycles. The second kappa shape index (κ2) is 5.38. The lowest BCUT2D eigenvalue weighted by atomic mass is 9.90. The summed E-state index contributed by atoms with van der Waals surface area (Å²) in [4.78, 5) is 2.67. The summed E-state index contributed by atoms with van der Waals surface area (Å²) in [7, 11) is 0. The molecular formula is C17H26N2O. The largest absolute Gasteiger partial charge is 0.491 e. The molecule has 2 heterocycles. The van der Waals surface area contributed by atoms with Crippen LogP contribution in [-0.4, -0.2) is 36.2 Å². The van der Waals surface area contributed by atoms with Gasteiger partial charge in [-0.15, -0.1) is 0 Å². The van der Waals surface area contributed by atoms with Gasteiger partial charge in [-0.1, -0.05) is 32.0 Å². The van der Waals surface area contributed by atoms with Crippen LogP contribution in [0.15, 0.2) is 24.3 Å². The van der Waals surface area contributed by atoms with Crippen LogP contribution < -0.4 is 10.1 Å². The molecule has 3 heteroatoms. The molecule has 0 saturated carbocycles. The van der Waals surface area contributed by atoms with Gasteiger partial charge in [0.05, 0.1) is 6.04 Å². The monoisotopic (exact) mass is 274 g/mol. The van der Waals surface area contributed by atoms with Gasteiger partial charge in [0.2, 0.25) is 0 Å². The third-order valence-electron chi connectivity index (χ3n) is 5.09. The smallest absolute Gasteiger partial charge is 0.124 e. The first-order valence-electron chi connectivity index (χ1n) is 7.89. The van der Waals surface area contributed by atoms with Crippen LogP contribution in [0.25, 0.3) is 0 Å². The Balaban J connectivity index is 1.87. The van der Waals surface area contributed by atoms with Gasteiger partial charge in [-0.25, -0.2) is 0 Å². The Morgan fingerprint density at radius 1 is 1.35 bits per heavy atom. The summed E-state index contributed by atoms with van der Waals surface area (Å²) in [5.41, 5.74) is 1.59. The minimum absolute atomic E-state index is 0.225. The van der Waals surface area contributed by atoms with Crippen molar-refractivity contribution in [2.45, 2.75) is 51.2 Å². The van der Waals surface area contributed by atoms with E-state index >= 15 is 0 Å². The van der Waals surface area contributed by atoms with Crippen LogP contribution in [0.5, 0.6) is 5.75 Å². The standard InChI is InChI=1S/C17H26N2O/c1-4-13-10-18-17(3,5-2)12-19(13)15-11-20-16-9-7-6-8-14(15)16/h6-9,13,15,18H,4-5,10-12H2,1-3H3. The highest BCUT2D eigenvalue weighted by Crippen LogP contribution is 2.39. The third-order valence-corrected chi connectivity index (χ3v) is 5.09. The van der Waals surface area contributed by atoms with E-state index in [9.17, 15) is 0 Å². The fourth-order valence-corrected chi connectivity index (χ4v) is 3.47. The number of hydrogen-bond donors (Lipinski definition) is 1. The minimum atomic E-state index is 0.225. The van der Waals surface area contributed by atoms with Gasteiger partial charge >= 0.3 is 0 Å². The van der Waals surface area contributed by atoms with Crippen molar-refractivity contribution < 1.29 is 4.74 Å². The van der Waals surface area contributed by atoms with Gasteiger partial charge in [0, 0.05) is 30.2 Å². The molecular weight excluding hydrogens is 248 g/mol. The van der Waals surface area contributed by atoms with Crippen LogP contribution >= 0.6 is 0 Å². The first kappa shape index (κ1) is 13.9. The molecule has 1 fully saturated rings. The van der Waals surface area contributed by atoms with Crippen LogP contribution in [0.1, 0.15) is 45.2 Å². The molecule has 3 unspecified atom stereocenters. The number of rotatable bonds is 3. The van der Waals surface area contributed by atoms with Crippen molar-refractivity contribution in [2.75, 3.05) is 19.7 Å². The molecule has 1 aromatic carbocycles. The minimum Gasteiger partial charge on any atom is -0.491 e. The number of hydrogen-bond acceptors (Lipinski definition) is 3. The molecule has 1 aromatic rings. The number of para-hydroxylation sites is 1. The van der Waals surface area contributed by atoms with Crippen molar-refractivity contribution in [1.82, 2.24) is 10.2 Å². The van der Waals surface area contributed by atoms with Crippen molar-refractivity contribution in [3.8, 4) is 5.75 Å². The predicted octanol–water partition coefficient (Wildman–Crippen LogP) is 2.97. The Morgan fingerprint density at radius 3 is 2.90 bits per heavy atom. The maximum atomic E-state index is 5.90. The molecule has 20 heavy (non-hydrogen) atoms. The quantitative estimate of drug-likeness (QED) is 0.917. The van der Waals surface area contributed by atoms with Crippen molar-refractivity contribution in [3.63, 3.8) is 0 Å². The molecule has 0 bridgehead atoms. The lowest BCUT2D eigenvalue weighted by Crippen LogP contribution is -2.63. The van der Waals surface area contributed by atoms with Crippen LogP contribution in [0.2, 0.25) is 0 Å². The first-order valence-corrected chi connectivity index (χ1v) is 7.89. The van der Waals surface area contributed by atoms with Gasteiger partial charge in [0.15, 0.2) is 0 Å². The zero-order chi connectivity index (χ0) is 14.2. The van der Waals surface area contributed by atoms with Gasteiger partial charge < -0.3 is 10.1 Å². The van der Waals surface area contributed by atoms with Gasteiger partial charge in [-0.2, -0.15) is 0 Å². The molecule has 2 aliphatic rings. The first-order chi connectivity index (χ1) is 9.67. The molecule has 0 radical (unpaired) electrons. The second-order valence-electron chi connectivity index (χ2n) is 6.39. The number of nitrogens with zero attached hydrogens (tertiary/aromatic N) is 1. The molecule has 110 valence electrons. The van der Waals surface area contributed by atoms with E-state index in [0.29, 0.717) is 12.1 Å². The van der Waals surface area contributed by atoms with Gasteiger partial charge in [0.1, 0.15) is 12.4 Å². The van der Waals surface area contributed by atoms with Crippen molar-refractivity contribution in [2.24, 2.45) is 0 Å². The van der Waals surface area contributed by atoms with Gasteiger partial charge in [0.25, 0.3) is 0 Å². The van der Waals surface area contributed by atoms with Gasteiger partial charge in [-0.05, 0) is 25.8 Å². The number of nitrogens with one attached hydrogen (secondary N) is 1. The fraction of sp³-hybridized carbons (Fsp3) is 0.647. The number of piperazine rings is 1. The molecule has 1 saturated heterocycles. The molecule has 3 nitrogen and oxygen atoms in total. The van der Waals surface area contributed by atoms with Crippen LogP contribution in [0, 0.1) is 0 Å². The Hall–Kier alpha value is -1.06. The summed E-state index contributed by atoms with van der Waals surface area (Å²) in [6.45, 7) is 9.89. The molecule has 3 atom stereocenters. The fourth-order valence-electron chi connectivity index (χ4n) is 3.47. The van der Waals surface area contributed by atoms with Crippen LogP contribution in [-0.2, 0) is 0 Å². The number of benzene rings is 1. The van der Waals surface area contributed by atoms with E-state index < -0.39 is 0 Å². The van der Waals surface area contributed by atoms with Crippen molar-refractivity contribution >= 4 is 0 Å². The highest BCUT2D eigenvalue weighted by molar-refractivity contribution is 5.39. The summed E-state index contributed by atoms with van der Waals surface area (Å²) in [5, 5.41) is 3.74. The molecule has 3 rings (SSSR count). The van der Waals surface area contributed by atoms with E-state index in [2.05, 4.69) is 55.3 Å². The summed E-state index contributed by atoms with van der Waals surface area (Å²) in [6, 6.07) is 9.54. The Kier molecular flexibility index (Phi) is 3.74. The normalized spacial score (nSPS) is 33.8. The Labute approximate surface area is 122 Å². The molecule has 0 aromatic heterocycles. The zero-order valence-corrected chi connectivity index (χ0v) is 12.9. The van der Waals surface area contributed by atoms with E-state index in [4.69, 9.17) is 4.74 Å². The summed E-state index contributed by atoms with van der Waals surface area (Å²) in [6.07, 6.45) is 2.35. The maximum absolute atomic E-state index is 5.90. The SMILES string of the molecule is CCC1CNC(C)(CC)CN1C1COc2ccccc21. The summed E-state index contributed by atoms with van der Waals surface area (Å²) in [5.74, 6) is 1.07. The van der Waals surface area contributed by atoms with Gasteiger partial charge in [-0.3, -0.25) is 4.90 Å². The van der Waals surface area contributed by atoms with Crippen molar-refractivity contribution in [3.05, 3.63) is 29.8 Å². The maximum Gasteiger partial charge on any atom is 0.124 e. The Morgan fingerprint density at radius 2 is 2.15 bits per heavy atom. The zero-order valence-electron chi connectivity index (χ0n) is 12.9. The number of fused-ring (bicyclic) bond motifs is 1. The van der Waals surface area contributed by atoms with E-state index in [1.54, 1.807) is 0 Å². The van der Waals surface area contributed by atoms with E-state index in [1.165, 1.54) is 12.0 Å². The molecule has 0 spiro atoms. The predicted molar refractivity (Wildman–Crippen MR) is 82.2 cm³/mol. The van der Waals surface area contributed by atoms with Crippen LogP contribution in [0.3, 0.4) is 0 Å².